The SMILES string of the molecule is O=C(/C=C/c1ccc(-c2ccccc2)o1)NC(=S)Nc1c(F)cc(F)cc1Br. The van der Waals surface area contributed by atoms with Gasteiger partial charge in [0.25, 0.3) is 0 Å². The number of carbonyl (C=O) groups is 1. The zero-order chi connectivity index (χ0) is 20.1. The number of rotatable bonds is 4. The molecule has 0 bridgehead atoms. The molecule has 1 heterocycles. The molecule has 3 rings (SSSR count). The summed E-state index contributed by atoms with van der Waals surface area (Å²) in [5.41, 5.74) is 0.845. The fourth-order valence-electron chi connectivity index (χ4n) is 2.32. The Morgan fingerprint density at radius 3 is 2.57 bits per heavy atom. The van der Waals surface area contributed by atoms with Gasteiger partial charge < -0.3 is 9.73 Å². The monoisotopic (exact) mass is 462 g/mol. The van der Waals surface area contributed by atoms with Gasteiger partial charge in [0.1, 0.15) is 17.3 Å². The van der Waals surface area contributed by atoms with E-state index in [1.54, 1.807) is 12.1 Å². The van der Waals surface area contributed by atoms with Gasteiger partial charge in [0, 0.05) is 22.2 Å². The minimum absolute atomic E-state index is 0.0748. The molecule has 0 aliphatic rings. The van der Waals surface area contributed by atoms with Crippen LogP contribution in [-0.4, -0.2) is 11.0 Å². The average molecular weight is 463 g/mol. The fraction of sp³-hybridized carbons (Fsp3) is 0. The highest BCUT2D eigenvalue weighted by Gasteiger charge is 2.12. The van der Waals surface area contributed by atoms with Gasteiger partial charge in [-0.2, -0.15) is 0 Å². The molecule has 2 aromatic carbocycles. The predicted octanol–water partition coefficient (Wildman–Crippen LogP) is 5.51. The molecule has 1 aromatic heterocycles. The molecule has 2 N–H and O–H groups in total. The molecule has 0 aliphatic carbocycles. The van der Waals surface area contributed by atoms with Crippen molar-refractivity contribution >= 4 is 50.9 Å². The Morgan fingerprint density at radius 2 is 1.86 bits per heavy atom. The Hall–Kier alpha value is -2.84. The number of halogens is 3. The van der Waals surface area contributed by atoms with E-state index in [9.17, 15) is 13.6 Å². The van der Waals surface area contributed by atoms with Crippen LogP contribution in [0.15, 0.2) is 69.6 Å². The summed E-state index contributed by atoms with van der Waals surface area (Å²) in [5, 5.41) is 4.76. The smallest absolute Gasteiger partial charge is 0.250 e. The second kappa shape index (κ2) is 8.90. The van der Waals surface area contributed by atoms with Gasteiger partial charge in [-0.05, 0) is 52.4 Å². The van der Waals surface area contributed by atoms with Crippen LogP contribution in [0.25, 0.3) is 17.4 Å². The maximum Gasteiger partial charge on any atom is 0.250 e. The van der Waals surface area contributed by atoms with E-state index in [-0.39, 0.29) is 15.3 Å². The minimum atomic E-state index is -0.844. The normalized spacial score (nSPS) is 10.8. The number of furan rings is 1. The summed E-state index contributed by atoms with van der Waals surface area (Å²) in [7, 11) is 0. The number of hydrogen-bond acceptors (Lipinski definition) is 3. The van der Waals surface area contributed by atoms with Gasteiger partial charge in [-0.3, -0.25) is 10.1 Å². The second-order valence-corrected chi connectivity index (χ2v) is 6.85. The molecule has 1 amide bonds. The van der Waals surface area contributed by atoms with Gasteiger partial charge in [0.05, 0.1) is 5.69 Å². The third-order valence-electron chi connectivity index (χ3n) is 3.57. The zero-order valence-corrected chi connectivity index (χ0v) is 16.6. The molecular formula is C20H13BrF2N2O2S. The Balaban J connectivity index is 1.60. The van der Waals surface area contributed by atoms with Gasteiger partial charge in [-0.1, -0.05) is 30.3 Å². The van der Waals surface area contributed by atoms with E-state index in [0.717, 1.165) is 11.6 Å². The summed E-state index contributed by atoms with van der Waals surface area (Å²) in [4.78, 5) is 12.0. The molecular weight excluding hydrogens is 450 g/mol. The zero-order valence-electron chi connectivity index (χ0n) is 14.2. The number of amides is 1. The van der Waals surface area contributed by atoms with E-state index < -0.39 is 17.5 Å². The molecule has 0 fully saturated rings. The highest BCUT2D eigenvalue weighted by Crippen LogP contribution is 2.26. The molecule has 0 saturated carbocycles. The molecule has 0 spiro atoms. The third-order valence-corrected chi connectivity index (χ3v) is 4.40. The number of nitrogens with one attached hydrogen (secondary N) is 2. The molecule has 3 aromatic rings. The lowest BCUT2D eigenvalue weighted by Gasteiger charge is -2.11. The summed E-state index contributed by atoms with van der Waals surface area (Å²) in [6.45, 7) is 0. The lowest BCUT2D eigenvalue weighted by molar-refractivity contribution is -0.115. The maximum atomic E-state index is 13.8. The standard InChI is InChI=1S/C20H13BrF2N2O2S/c21-15-10-13(22)11-16(23)19(15)25-20(28)24-18(26)9-7-14-6-8-17(27-14)12-4-2-1-3-5-12/h1-11H,(H2,24,25,26,28)/b9-7+. The van der Waals surface area contributed by atoms with Crippen LogP contribution in [0.4, 0.5) is 14.5 Å². The van der Waals surface area contributed by atoms with Crippen LogP contribution in [0.2, 0.25) is 0 Å². The van der Waals surface area contributed by atoms with E-state index in [4.69, 9.17) is 16.6 Å². The number of anilines is 1. The van der Waals surface area contributed by atoms with Crippen LogP contribution < -0.4 is 10.6 Å². The van der Waals surface area contributed by atoms with Crippen LogP contribution in [0.1, 0.15) is 5.76 Å². The fourth-order valence-corrected chi connectivity index (χ4v) is 3.03. The first-order valence-electron chi connectivity index (χ1n) is 8.02. The topological polar surface area (TPSA) is 54.3 Å². The molecule has 0 saturated heterocycles. The summed E-state index contributed by atoms with van der Waals surface area (Å²) < 4.78 is 32.7. The summed E-state index contributed by atoms with van der Waals surface area (Å²) in [5.74, 6) is -0.951. The molecule has 0 radical (unpaired) electrons. The van der Waals surface area contributed by atoms with Gasteiger partial charge in [0.15, 0.2) is 10.9 Å². The van der Waals surface area contributed by atoms with Crippen molar-refractivity contribution in [2.24, 2.45) is 0 Å². The summed E-state index contributed by atoms with van der Waals surface area (Å²) in [6.07, 6.45) is 2.72. The van der Waals surface area contributed by atoms with Crippen LogP contribution in [0.3, 0.4) is 0 Å². The van der Waals surface area contributed by atoms with Crippen LogP contribution in [-0.2, 0) is 4.79 Å². The van der Waals surface area contributed by atoms with E-state index in [1.165, 1.54) is 12.2 Å². The summed E-state index contributed by atoms with van der Waals surface area (Å²) in [6, 6.07) is 14.8. The van der Waals surface area contributed by atoms with Gasteiger partial charge >= 0.3 is 0 Å². The largest absolute Gasteiger partial charge is 0.457 e. The molecule has 28 heavy (non-hydrogen) atoms. The van der Waals surface area contributed by atoms with E-state index >= 15 is 0 Å². The quantitative estimate of drug-likeness (QED) is 0.396. The highest BCUT2D eigenvalue weighted by molar-refractivity contribution is 9.10. The molecule has 0 unspecified atom stereocenters. The van der Waals surface area contributed by atoms with Crippen molar-refractivity contribution < 1.29 is 18.0 Å². The lowest BCUT2D eigenvalue weighted by Crippen LogP contribution is -2.33. The molecule has 8 heteroatoms. The van der Waals surface area contributed by atoms with Gasteiger partial charge in [-0.25, -0.2) is 8.78 Å². The highest BCUT2D eigenvalue weighted by atomic mass is 79.9. The van der Waals surface area contributed by atoms with Crippen molar-refractivity contribution in [1.82, 2.24) is 5.32 Å². The second-order valence-electron chi connectivity index (χ2n) is 5.59. The number of carbonyl (C=O) groups excluding carboxylic acids is 1. The minimum Gasteiger partial charge on any atom is -0.457 e. The number of hydrogen-bond donors (Lipinski definition) is 2. The Kier molecular flexibility index (Phi) is 6.33. The van der Waals surface area contributed by atoms with Crippen molar-refractivity contribution in [3.63, 3.8) is 0 Å². The third kappa shape index (κ3) is 5.11. The van der Waals surface area contributed by atoms with E-state index in [1.807, 2.05) is 30.3 Å². The first-order chi connectivity index (χ1) is 13.4. The average Bonchev–Trinajstić information content (AvgIpc) is 3.13. The Morgan fingerprint density at radius 1 is 1.11 bits per heavy atom. The predicted molar refractivity (Wildman–Crippen MR) is 112 cm³/mol. The maximum absolute atomic E-state index is 13.8. The van der Waals surface area contributed by atoms with E-state index in [0.29, 0.717) is 17.6 Å². The number of thiocarbonyl (C=S) groups is 1. The van der Waals surface area contributed by atoms with Crippen LogP contribution in [0, 0.1) is 11.6 Å². The first-order valence-corrected chi connectivity index (χ1v) is 9.22. The van der Waals surface area contributed by atoms with Crippen molar-refractivity contribution in [3.05, 3.63) is 82.5 Å². The Labute approximate surface area is 173 Å². The molecule has 0 aliphatic heterocycles. The van der Waals surface area contributed by atoms with E-state index in [2.05, 4.69) is 26.6 Å². The van der Waals surface area contributed by atoms with Crippen LogP contribution in [0.5, 0.6) is 0 Å². The van der Waals surface area contributed by atoms with Gasteiger partial charge in [0.2, 0.25) is 5.91 Å². The summed E-state index contributed by atoms with van der Waals surface area (Å²) >= 11 is 8.02. The van der Waals surface area contributed by atoms with Crippen molar-refractivity contribution in [1.29, 1.82) is 0 Å². The van der Waals surface area contributed by atoms with Crippen molar-refractivity contribution in [3.8, 4) is 11.3 Å². The molecule has 4 nitrogen and oxygen atoms in total. The van der Waals surface area contributed by atoms with Crippen LogP contribution >= 0.6 is 28.1 Å². The first kappa shape index (κ1) is 19.9. The Bertz CT molecular complexity index is 1030. The molecule has 142 valence electrons. The molecule has 0 atom stereocenters. The van der Waals surface area contributed by atoms with Gasteiger partial charge in [-0.15, -0.1) is 0 Å². The lowest BCUT2D eigenvalue weighted by atomic mass is 10.2. The van der Waals surface area contributed by atoms with Crippen molar-refractivity contribution in [2.45, 2.75) is 0 Å². The van der Waals surface area contributed by atoms with Crippen molar-refractivity contribution in [2.75, 3.05) is 5.32 Å². The number of benzene rings is 2.